The Morgan fingerprint density at radius 3 is 2.40 bits per heavy atom. The van der Waals surface area contributed by atoms with Crippen molar-refractivity contribution >= 4 is 33.5 Å². The van der Waals surface area contributed by atoms with Crippen LogP contribution in [0.2, 0.25) is 0 Å². The molecule has 0 aliphatic rings. The van der Waals surface area contributed by atoms with E-state index < -0.39 is 5.97 Å². The molecule has 154 valence electrons. The number of hydrogen-bond acceptors (Lipinski definition) is 5. The summed E-state index contributed by atoms with van der Waals surface area (Å²) in [6.07, 6.45) is 3.39. The van der Waals surface area contributed by atoms with Crippen molar-refractivity contribution in [3.8, 4) is 5.75 Å². The van der Waals surface area contributed by atoms with Crippen LogP contribution in [-0.4, -0.2) is 30.1 Å². The number of halogens is 1. The monoisotopic (exact) mass is 468 g/mol. The van der Waals surface area contributed by atoms with Crippen LogP contribution in [0.15, 0.2) is 77.5 Å². The Hall–Kier alpha value is -3.19. The molecular formula is C23H21BrN2O4. The molecule has 3 aromatic rings. The van der Waals surface area contributed by atoms with Crippen LogP contribution in [0.5, 0.6) is 5.75 Å². The van der Waals surface area contributed by atoms with Gasteiger partial charge in [0, 0.05) is 22.6 Å². The van der Waals surface area contributed by atoms with Crippen LogP contribution in [0, 0.1) is 0 Å². The van der Waals surface area contributed by atoms with Crippen molar-refractivity contribution in [3.63, 3.8) is 0 Å². The molecule has 7 heteroatoms. The fourth-order valence-electron chi connectivity index (χ4n) is 2.74. The van der Waals surface area contributed by atoms with Crippen LogP contribution in [0.1, 0.15) is 22.8 Å². The van der Waals surface area contributed by atoms with Gasteiger partial charge in [0.15, 0.2) is 6.61 Å². The zero-order valence-corrected chi connectivity index (χ0v) is 18.0. The van der Waals surface area contributed by atoms with Gasteiger partial charge in [-0.05, 0) is 67.1 Å². The highest BCUT2D eigenvalue weighted by Gasteiger charge is 2.18. The summed E-state index contributed by atoms with van der Waals surface area (Å²) in [5.41, 5.74) is 1.96. The minimum Gasteiger partial charge on any atom is -0.484 e. The first-order chi connectivity index (χ1) is 14.6. The molecule has 0 aliphatic heterocycles. The van der Waals surface area contributed by atoms with E-state index in [1.807, 2.05) is 24.3 Å². The highest BCUT2D eigenvalue weighted by Crippen LogP contribution is 2.20. The normalized spacial score (nSPS) is 10.3. The second kappa shape index (κ2) is 10.5. The molecule has 0 bridgehead atoms. The van der Waals surface area contributed by atoms with Gasteiger partial charge in [0.2, 0.25) is 0 Å². The predicted molar refractivity (Wildman–Crippen MR) is 117 cm³/mol. The fourth-order valence-corrected chi connectivity index (χ4v) is 3.01. The van der Waals surface area contributed by atoms with E-state index in [-0.39, 0.29) is 12.5 Å². The summed E-state index contributed by atoms with van der Waals surface area (Å²) in [6, 6.07) is 17.7. The van der Waals surface area contributed by atoms with Crippen molar-refractivity contribution in [2.45, 2.75) is 13.5 Å². The standard InChI is InChI=1S/C23H21BrN2O4/c1-2-29-23(28)18-5-9-20(10-6-18)26(15-17-4-3-13-25-14-17)22(27)16-30-21-11-7-19(24)8-12-21/h3-14H,2,15-16H2,1H3. The van der Waals surface area contributed by atoms with Gasteiger partial charge >= 0.3 is 5.97 Å². The van der Waals surface area contributed by atoms with Crippen molar-refractivity contribution < 1.29 is 19.1 Å². The van der Waals surface area contributed by atoms with Crippen LogP contribution in [0.4, 0.5) is 5.69 Å². The number of nitrogens with zero attached hydrogens (tertiary/aromatic N) is 2. The Morgan fingerprint density at radius 1 is 1.03 bits per heavy atom. The zero-order chi connectivity index (χ0) is 21.3. The highest BCUT2D eigenvalue weighted by molar-refractivity contribution is 9.10. The Labute approximate surface area is 183 Å². The first kappa shape index (κ1) is 21.5. The largest absolute Gasteiger partial charge is 0.484 e. The number of aromatic nitrogens is 1. The predicted octanol–water partition coefficient (Wildman–Crippen LogP) is 4.63. The lowest BCUT2D eigenvalue weighted by atomic mass is 10.1. The quantitative estimate of drug-likeness (QED) is 0.450. The van der Waals surface area contributed by atoms with E-state index in [1.165, 1.54) is 0 Å². The van der Waals surface area contributed by atoms with Crippen molar-refractivity contribution in [2.75, 3.05) is 18.1 Å². The maximum absolute atomic E-state index is 13.0. The maximum Gasteiger partial charge on any atom is 0.338 e. The summed E-state index contributed by atoms with van der Waals surface area (Å²) in [4.78, 5) is 30.6. The Kier molecular flexibility index (Phi) is 7.57. The van der Waals surface area contributed by atoms with Gasteiger partial charge in [-0.15, -0.1) is 0 Å². The number of ether oxygens (including phenoxy) is 2. The summed E-state index contributed by atoms with van der Waals surface area (Å²) in [5, 5.41) is 0. The Morgan fingerprint density at radius 2 is 1.77 bits per heavy atom. The molecule has 0 atom stereocenters. The third-order valence-corrected chi connectivity index (χ3v) is 4.76. The summed E-state index contributed by atoms with van der Waals surface area (Å²) in [5.74, 6) is -0.0102. The van der Waals surface area contributed by atoms with Gasteiger partial charge in [0.25, 0.3) is 5.91 Å². The third kappa shape index (κ3) is 5.90. The summed E-state index contributed by atoms with van der Waals surface area (Å²) >= 11 is 3.37. The number of hydrogen-bond donors (Lipinski definition) is 0. The fraction of sp³-hybridized carbons (Fsp3) is 0.174. The number of carbonyl (C=O) groups excluding carboxylic acids is 2. The lowest BCUT2D eigenvalue weighted by Gasteiger charge is -2.23. The van der Waals surface area contributed by atoms with Crippen LogP contribution in [0.25, 0.3) is 0 Å². The molecule has 0 fully saturated rings. The molecule has 0 unspecified atom stereocenters. The summed E-state index contributed by atoms with van der Waals surface area (Å²) in [7, 11) is 0. The maximum atomic E-state index is 13.0. The molecule has 0 radical (unpaired) electrons. The molecule has 0 N–H and O–H groups in total. The average Bonchev–Trinajstić information content (AvgIpc) is 2.78. The van der Waals surface area contributed by atoms with Crippen molar-refractivity contribution in [1.29, 1.82) is 0 Å². The minimum atomic E-state index is -0.396. The van der Waals surface area contributed by atoms with Crippen LogP contribution < -0.4 is 9.64 Å². The third-order valence-electron chi connectivity index (χ3n) is 4.23. The molecular weight excluding hydrogens is 448 g/mol. The highest BCUT2D eigenvalue weighted by atomic mass is 79.9. The SMILES string of the molecule is CCOC(=O)c1ccc(N(Cc2cccnc2)C(=O)COc2ccc(Br)cc2)cc1. The summed E-state index contributed by atoms with van der Waals surface area (Å²) < 4.78 is 11.6. The molecule has 2 aromatic carbocycles. The molecule has 1 aromatic heterocycles. The molecule has 1 heterocycles. The molecule has 0 spiro atoms. The topological polar surface area (TPSA) is 68.7 Å². The van der Waals surface area contributed by atoms with Crippen molar-refractivity contribution in [2.24, 2.45) is 0 Å². The number of amides is 1. The van der Waals surface area contributed by atoms with E-state index in [0.717, 1.165) is 10.0 Å². The molecule has 0 saturated heterocycles. The number of rotatable bonds is 8. The number of anilines is 1. The van der Waals surface area contributed by atoms with Gasteiger partial charge in [0.05, 0.1) is 18.7 Å². The van der Waals surface area contributed by atoms with E-state index in [1.54, 1.807) is 60.6 Å². The lowest BCUT2D eigenvalue weighted by molar-refractivity contribution is -0.120. The van der Waals surface area contributed by atoms with Gasteiger partial charge in [-0.2, -0.15) is 0 Å². The van der Waals surface area contributed by atoms with E-state index in [0.29, 0.717) is 30.2 Å². The average molecular weight is 469 g/mol. The number of esters is 1. The number of pyridine rings is 1. The first-order valence-corrected chi connectivity index (χ1v) is 10.2. The molecule has 30 heavy (non-hydrogen) atoms. The van der Waals surface area contributed by atoms with E-state index in [9.17, 15) is 9.59 Å². The van der Waals surface area contributed by atoms with Crippen molar-refractivity contribution in [3.05, 3.63) is 88.7 Å². The molecule has 3 rings (SSSR count). The first-order valence-electron chi connectivity index (χ1n) is 9.41. The number of carbonyl (C=O) groups is 2. The van der Waals surface area contributed by atoms with Crippen molar-refractivity contribution in [1.82, 2.24) is 4.98 Å². The molecule has 0 saturated carbocycles. The second-order valence-corrected chi connectivity index (χ2v) is 7.27. The van der Waals surface area contributed by atoms with Gasteiger partial charge in [-0.1, -0.05) is 22.0 Å². The molecule has 6 nitrogen and oxygen atoms in total. The smallest absolute Gasteiger partial charge is 0.338 e. The van der Waals surface area contributed by atoms with E-state index >= 15 is 0 Å². The van der Waals surface area contributed by atoms with Gasteiger partial charge in [-0.25, -0.2) is 4.79 Å². The summed E-state index contributed by atoms with van der Waals surface area (Å²) in [6.45, 7) is 2.27. The van der Waals surface area contributed by atoms with Gasteiger partial charge in [-0.3, -0.25) is 9.78 Å². The van der Waals surface area contributed by atoms with Gasteiger partial charge < -0.3 is 14.4 Å². The Balaban J connectivity index is 1.78. The number of benzene rings is 2. The molecule has 1 amide bonds. The minimum absolute atomic E-state index is 0.123. The second-order valence-electron chi connectivity index (χ2n) is 6.35. The van der Waals surface area contributed by atoms with Gasteiger partial charge in [0.1, 0.15) is 5.75 Å². The van der Waals surface area contributed by atoms with E-state index in [4.69, 9.17) is 9.47 Å². The lowest BCUT2D eigenvalue weighted by Crippen LogP contribution is -2.34. The van der Waals surface area contributed by atoms with Crippen LogP contribution in [0.3, 0.4) is 0 Å². The zero-order valence-electron chi connectivity index (χ0n) is 16.5. The van der Waals surface area contributed by atoms with Crippen LogP contribution in [-0.2, 0) is 16.1 Å². The molecule has 0 aliphatic carbocycles. The van der Waals surface area contributed by atoms with E-state index in [2.05, 4.69) is 20.9 Å². The Bertz CT molecular complexity index is 976. The van der Waals surface area contributed by atoms with Crippen LogP contribution >= 0.6 is 15.9 Å².